The summed E-state index contributed by atoms with van der Waals surface area (Å²) in [6.45, 7) is 2.50. The molecule has 0 aromatic heterocycles. The zero-order chi connectivity index (χ0) is 15.8. The Morgan fingerprint density at radius 2 is 1.91 bits per heavy atom. The highest BCUT2D eigenvalue weighted by Gasteiger charge is 2.36. The van der Waals surface area contributed by atoms with Gasteiger partial charge >= 0.3 is 0 Å². The van der Waals surface area contributed by atoms with Crippen molar-refractivity contribution < 1.29 is 19.1 Å². The minimum absolute atomic E-state index is 0.200. The molecule has 2 amide bonds. The van der Waals surface area contributed by atoms with Crippen molar-refractivity contribution in [1.29, 1.82) is 0 Å². The second-order valence-corrected chi connectivity index (χ2v) is 6.68. The van der Waals surface area contributed by atoms with Crippen LogP contribution in [0.3, 0.4) is 0 Å². The van der Waals surface area contributed by atoms with Crippen molar-refractivity contribution in [2.75, 3.05) is 26.6 Å². The lowest BCUT2D eigenvalue weighted by atomic mass is 10.2. The van der Waals surface area contributed by atoms with E-state index in [1.165, 1.54) is 4.90 Å². The van der Waals surface area contributed by atoms with E-state index in [2.05, 4.69) is 4.90 Å². The van der Waals surface area contributed by atoms with Crippen molar-refractivity contribution >= 4 is 29.0 Å². The summed E-state index contributed by atoms with van der Waals surface area (Å²) < 4.78 is 10.6. The van der Waals surface area contributed by atoms with Crippen molar-refractivity contribution in [3.63, 3.8) is 0 Å². The minimum atomic E-state index is -0.218. The van der Waals surface area contributed by atoms with E-state index in [1.54, 1.807) is 6.08 Å². The van der Waals surface area contributed by atoms with E-state index in [9.17, 15) is 9.59 Å². The molecule has 1 aromatic carbocycles. The number of imide groups is 1. The number of thioether (sulfide) groups is 1. The Morgan fingerprint density at radius 3 is 2.74 bits per heavy atom. The average molecular weight is 332 g/mol. The molecule has 0 radical (unpaired) electrons. The number of hydrogen-bond donors (Lipinski definition) is 0. The summed E-state index contributed by atoms with van der Waals surface area (Å²) in [5, 5.41) is -0.200. The van der Waals surface area contributed by atoms with E-state index in [0.717, 1.165) is 43.3 Å². The first kappa shape index (κ1) is 14.6. The number of fused-ring (bicyclic) bond motifs is 1. The molecule has 2 saturated heterocycles. The minimum Gasteiger partial charge on any atom is -0.454 e. The van der Waals surface area contributed by atoms with Gasteiger partial charge in [-0.1, -0.05) is 6.07 Å². The van der Waals surface area contributed by atoms with Crippen LogP contribution in [-0.2, 0) is 4.79 Å². The van der Waals surface area contributed by atoms with E-state index in [4.69, 9.17) is 9.47 Å². The molecule has 0 aliphatic carbocycles. The number of nitrogens with zero attached hydrogens (tertiary/aromatic N) is 2. The molecule has 0 saturated carbocycles. The summed E-state index contributed by atoms with van der Waals surface area (Å²) in [6.07, 6.45) is 3.99. The number of benzene rings is 1. The fraction of sp³-hybridized carbons (Fsp3) is 0.375. The molecular weight excluding hydrogens is 316 g/mol. The van der Waals surface area contributed by atoms with Crippen molar-refractivity contribution in [3.05, 3.63) is 28.7 Å². The van der Waals surface area contributed by atoms with Crippen molar-refractivity contribution in [3.8, 4) is 11.5 Å². The molecule has 120 valence electrons. The molecule has 3 aliphatic rings. The van der Waals surface area contributed by atoms with Gasteiger partial charge in [0.25, 0.3) is 11.1 Å². The van der Waals surface area contributed by atoms with Gasteiger partial charge in [-0.05, 0) is 61.5 Å². The lowest BCUT2D eigenvalue weighted by Gasteiger charge is -2.20. The van der Waals surface area contributed by atoms with Gasteiger partial charge < -0.3 is 9.47 Å². The van der Waals surface area contributed by atoms with Crippen LogP contribution < -0.4 is 9.47 Å². The van der Waals surface area contributed by atoms with Crippen LogP contribution in [0, 0.1) is 0 Å². The first-order chi connectivity index (χ1) is 11.2. The molecule has 0 unspecified atom stereocenters. The number of hydrogen-bond acceptors (Lipinski definition) is 6. The summed E-state index contributed by atoms with van der Waals surface area (Å²) >= 11 is 0.993. The standard InChI is InChI=1S/C16H16N2O4S/c19-15-14(8-11-3-4-12-13(7-11)22-10-21-12)23-16(20)18(15)9-17-5-1-2-6-17/h3-4,7-8H,1-2,5-6,9-10H2/b14-8-. The monoisotopic (exact) mass is 332 g/mol. The fourth-order valence-electron chi connectivity index (χ4n) is 2.90. The lowest BCUT2D eigenvalue weighted by molar-refractivity contribution is -0.124. The Balaban J connectivity index is 1.52. The van der Waals surface area contributed by atoms with Gasteiger partial charge in [0.15, 0.2) is 11.5 Å². The quantitative estimate of drug-likeness (QED) is 0.793. The summed E-state index contributed by atoms with van der Waals surface area (Å²) in [7, 11) is 0. The van der Waals surface area contributed by atoms with Gasteiger partial charge in [-0.25, -0.2) is 0 Å². The molecule has 7 heteroatoms. The Kier molecular flexibility index (Phi) is 3.74. The Hall–Kier alpha value is -1.99. The normalized spacial score (nSPS) is 22.6. The van der Waals surface area contributed by atoms with E-state index in [1.807, 2.05) is 18.2 Å². The van der Waals surface area contributed by atoms with Crippen LogP contribution in [0.4, 0.5) is 4.79 Å². The van der Waals surface area contributed by atoms with E-state index in [0.29, 0.717) is 23.1 Å². The molecule has 0 spiro atoms. The molecular formula is C16H16N2O4S. The zero-order valence-corrected chi connectivity index (χ0v) is 13.3. The van der Waals surface area contributed by atoms with E-state index < -0.39 is 0 Å². The first-order valence-corrected chi connectivity index (χ1v) is 8.40. The number of rotatable bonds is 3. The van der Waals surface area contributed by atoms with Crippen LogP contribution in [0.2, 0.25) is 0 Å². The van der Waals surface area contributed by atoms with E-state index >= 15 is 0 Å². The predicted octanol–water partition coefficient (Wildman–Crippen LogP) is 2.50. The second-order valence-electron chi connectivity index (χ2n) is 5.69. The SMILES string of the molecule is O=C1S/C(=C\c2ccc3c(c2)OCO3)C(=O)N1CN1CCCC1. The molecule has 23 heavy (non-hydrogen) atoms. The van der Waals surface area contributed by atoms with Gasteiger partial charge in [0.1, 0.15) is 0 Å². The highest BCUT2D eigenvalue weighted by atomic mass is 32.2. The van der Waals surface area contributed by atoms with Gasteiger partial charge in [0.05, 0.1) is 11.6 Å². The van der Waals surface area contributed by atoms with Crippen LogP contribution in [0.15, 0.2) is 23.1 Å². The van der Waals surface area contributed by atoms with E-state index in [-0.39, 0.29) is 17.9 Å². The van der Waals surface area contributed by atoms with Crippen molar-refractivity contribution in [2.45, 2.75) is 12.8 Å². The number of carbonyl (C=O) groups excluding carboxylic acids is 2. The van der Waals surface area contributed by atoms with Gasteiger partial charge in [-0.3, -0.25) is 19.4 Å². The molecule has 0 N–H and O–H groups in total. The smallest absolute Gasteiger partial charge is 0.294 e. The number of amides is 2. The average Bonchev–Trinajstić information content (AvgIpc) is 3.26. The first-order valence-electron chi connectivity index (χ1n) is 7.58. The molecule has 6 nitrogen and oxygen atoms in total. The van der Waals surface area contributed by atoms with Crippen LogP contribution in [0.1, 0.15) is 18.4 Å². The van der Waals surface area contributed by atoms with Gasteiger partial charge in [0.2, 0.25) is 6.79 Å². The summed E-state index contributed by atoms with van der Waals surface area (Å²) in [6, 6.07) is 5.47. The van der Waals surface area contributed by atoms with Gasteiger partial charge in [-0.2, -0.15) is 0 Å². The maximum absolute atomic E-state index is 12.5. The maximum atomic E-state index is 12.5. The summed E-state index contributed by atoms with van der Waals surface area (Å²) in [5.74, 6) is 1.14. The molecule has 0 bridgehead atoms. The van der Waals surface area contributed by atoms with Crippen LogP contribution in [-0.4, -0.2) is 47.5 Å². The van der Waals surface area contributed by atoms with Gasteiger partial charge in [-0.15, -0.1) is 0 Å². The Morgan fingerprint density at radius 1 is 1.13 bits per heavy atom. The largest absolute Gasteiger partial charge is 0.454 e. The third-order valence-electron chi connectivity index (χ3n) is 4.11. The van der Waals surface area contributed by atoms with Crippen LogP contribution in [0.5, 0.6) is 11.5 Å². The topological polar surface area (TPSA) is 59.1 Å². The number of carbonyl (C=O) groups is 2. The molecule has 0 atom stereocenters. The van der Waals surface area contributed by atoms with Crippen molar-refractivity contribution in [1.82, 2.24) is 9.80 Å². The summed E-state index contributed by atoms with van der Waals surface area (Å²) in [5.41, 5.74) is 0.820. The molecule has 3 heterocycles. The highest BCUT2D eigenvalue weighted by molar-refractivity contribution is 8.18. The van der Waals surface area contributed by atoms with Gasteiger partial charge in [0, 0.05) is 0 Å². The molecule has 4 rings (SSSR count). The maximum Gasteiger partial charge on any atom is 0.294 e. The van der Waals surface area contributed by atoms with Crippen molar-refractivity contribution in [2.24, 2.45) is 0 Å². The van der Waals surface area contributed by atoms with Crippen LogP contribution in [0.25, 0.3) is 6.08 Å². The third-order valence-corrected chi connectivity index (χ3v) is 5.02. The molecule has 3 aliphatic heterocycles. The molecule has 1 aromatic rings. The summed E-state index contributed by atoms with van der Waals surface area (Å²) in [4.78, 5) is 28.5. The lowest BCUT2D eigenvalue weighted by Crippen LogP contribution is -2.38. The van der Waals surface area contributed by atoms with Crippen LogP contribution >= 0.6 is 11.8 Å². The Bertz CT molecular complexity index is 697. The fourth-order valence-corrected chi connectivity index (χ4v) is 3.73. The molecule has 2 fully saturated rings. The Labute approximate surface area is 138 Å². The number of ether oxygens (including phenoxy) is 2. The zero-order valence-electron chi connectivity index (χ0n) is 12.5. The predicted molar refractivity (Wildman–Crippen MR) is 86.0 cm³/mol. The second kappa shape index (κ2) is 5.90. The number of likely N-dealkylation sites (tertiary alicyclic amines) is 1. The third kappa shape index (κ3) is 2.82. The highest BCUT2D eigenvalue weighted by Crippen LogP contribution is 2.36.